The molecule has 3 heteroatoms. The fraction of sp³-hybridized carbons (Fsp3) is 0.0833. The van der Waals surface area contributed by atoms with Crippen molar-refractivity contribution >= 4 is 27.4 Å². The molecule has 0 N–H and O–H groups in total. The minimum Gasteiger partial charge on any atom is -0.317 e. The van der Waals surface area contributed by atoms with Crippen LogP contribution in [-0.2, 0) is 7.05 Å². The molecule has 0 spiro atoms. The summed E-state index contributed by atoms with van der Waals surface area (Å²) in [5.41, 5.74) is 0.779. The molecule has 0 saturated carbocycles. The van der Waals surface area contributed by atoms with Crippen LogP contribution in [0.15, 0.2) is 41.8 Å². The summed E-state index contributed by atoms with van der Waals surface area (Å²) in [7, 11) is 1.71. The third-order valence-corrected chi connectivity index (χ3v) is 2.59. The molecule has 2 aromatic rings. The zero-order valence-electron chi connectivity index (χ0n) is 8.33. The van der Waals surface area contributed by atoms with Gasteiger partial charge < -0.3 is 4.57 Å². The van der Waals surface area contributed by atoms with Crippen LogP contribution in [-0.4, -0.2) is 4.57 Å². The van der Waals surface area contributed by atoms with E-state index in [0.717, 1.165) is 10.9 Å². The van der Waals surface area contributed by atoms with E-state index in [1.165, 1.54) is 4.57 Å². The fourth-order valence-corrected chi connectivity index (χ4v) is 1.78. The highest BCUT2D eigenvalue weighted by molar-refractivity contribution is 6.49. The van der Waals surface area contributed by atoms with Crippen molar-refractivity contribution < 1.29 is 0 Å². The van der Waals surface area contributed by atoms with Gasteiger partial charge in [0.15, 0.2) is 0 Å². The Morgan fingerprint density at radius 3 is 2.53 bits per heavy atom. The molecular weight excluding hydrogens is 210 g/mol. The first kappa shape index (κ1) is 9.99. The molecule has 1 heterocycles. The van der Waals surface area contributed by atoms with Crippen LogP contribution in [0, 0.1) is 0 Å². The Labute approximate surface area is 92.4 Å². The lowest BCUT2D eigenvalue weighted by molar-refractivity contribution is 0.871. The minimum absolute atomic E-state index is 0.0210. The van der Waals surface area contributed by atoms with E-state index in [0.29, 0.717) is 10.4 Å². The first-order chi connectivity index (χ1) is 7.11. The lowest BCUT2D eigenvalue weighted by Gasteiger charge is -2.07. The number of halogens is 1. The summed E-state index contributed by atoms with van der Waals surface area (Å²) in [6.07, 6.45) is 1.71. The van der Waals surface area contributed by atoms with Crippen molar-refractivity contribution in [3.05, 3.63) is 53.0 Å². The van der Waals surface area contributed by atoms with Crippen molar-refractivity contribution in [2.75, 3.05) is 0 Å². The van der Waals surface area contributed by atoms with Crippen molar-refractivity contribution in [1.29, 1.82) is 0 Å². The average Bonchev–Trinajstić information content (AvgIpc) is 2.23. The zero-order valence-corrected chi connectivity index (χ0v) is 9.08. The van der Waals surface area contributed by atoms with E-state index < -0.39 is 0 Å². The van der Waals surface area contributed by atoms with Gasteiger partial charge in [0.25, 0.3) is 5.56 Å². The van der Waals surface area contributed by atoms with Gasteiger partial charge in [0.05, 0.1) is 0 Å². The van der Waals surface area contributed by atoms with Crippen molar-refractivity contribution in [2.24, 2.45) is 7.05 Å². The van der Waals surface area contributed by atoms with Crippen LogP contribution in [0.1, 0.15) is 5.56 Å². The van der Waals surface area contributed by atoms with E-state index in [4.69, 9.17) is 11.6 Å². The van der Waals surface area contributed by atoms with Crippen LogP contribution in [0.5, 0.6) is 0 Å². The molecule has 0 saturated heterocycles. The van der Waals surface area contributed by atoms with Gasteiger partial charge in [0.1, 0.15) is 0 Å². The maximum atomic E-state index is 11.8. The molecule has 0 amide bonds. The molecule has 76 valence electrons. The Kier molecular flexibility index (Phi) is 2.37. The van der Waals surface area contributed by atoms with Gasteiger partial charge in [-0.25, -0.2) is 0 Å². The van der Waals surface area contributed by atoms with Crippen LogP contribution in [0.25, 0.3) is 15.8 Å². The van der Waals surface area contributed by atoms with Gasteiger partial charge in [0.2, 0.25) is 0 Å². The molecule has 1 aromatic carbocycles. The Morgan fingerprint density at radius 1 is 1.33 bits per heavy atom. The Morgan fingerprint density at radius 2 is 1.93 bits per heavy atom. The average molecular weight is 220 g/mol. The topological polar surface area (TPSA) is 22.0 Å². The molecule has 0 unspecified atom stereocenters. The van der Waals surface area contributed by atoms with E-state index in [9.17, 15) is 4.79 Å². The molecule has 0 aliphatic carbocycles. The molecule has 0 bridgehead atoms. The third-order valence-electron chi connectivity index (χ3n) is 2.38. The van der Waals surface area contributed by atoms with Crippen molar-refractivity contribution in [2.45, 2.75) is 0 Å². The Balaban J connectivity index is 3.01. The van der Waals surface area contributed by atoms with Crippen LogP contribution in [0.3, 0.4) is 0 Å². The quantitative estimate of drug-likeness (QED) is 0.723. The maximum absolute atomic E-state index is 11.8. The predicted molar refractivity (Wildman–Crippen MR) is 64.1 cm³/mol. The monoisotopic (exact) mass is 219 g/mol. The molecule has 0 fully saturated rings. The second-order valence-electron chi connectivity index (χ2n) is 3.41. The normalized spacial score (nSPS) is 10.5. The first-order valence-corrected chi connectivity index (χ1v) is 4.92. The molecule has 0 aliphatic heterocycles. The van der Waals surface area contributed by atoms with Crippen molar-refractivity contribution in [3.63, 3.8) is 0 Å². The lowest BCUT2D eigenvalue weighted by Crippen LogP contribution is -2.16. The van der Waals surface area contributed by atoms with Gasteiger partial charge in [-0.05, 0) is 11.5 Å². The summed E-state index contributed by atoms with van der Waals surface area (Å²) in [5.74, 6) is 0. The van der Waals surface area contributed by atoms with Gasteiger partial charge in [-0.2, -0.15) is 0 Å². The van der Waals surface area contributed by atoms with Gasteiger partial charge in [-0.1, -0.05) is 36.4 Å². The summed E-state index contributed by atoms with van der Waals surface area (Å²) in [6, 6.07) is 7.39. The number of aryl methyl sites for hydroxylation is 1. The van der Waals surface area contributed by atoms with Crippen LogP contribution < -0.4 is 5.56 Å². The number of hydrogen-bond acceptors (Lipinski definition) is 1. The van der Waals surface area contributed by atoms with E-state index in [1.54, 1.807) is 19.3 Å². The summed E-state index contributed by atoms with van der Waals surface area (Å²) in [4.78, 5) is 11.8. The molecule has 15 heavy (non-hydrogen) atoms. The predicted octanol–water partition coefficient (Wildman–Crippen LogP) is 2.75. The molecule has 0 radical (unpaired) electrons. The number of aromatic nitrogens is 1. The van der Waals surface area contributed by atoms with Crippen LogP contribution in [0.4, 0.5) is 0 Å². The van der Waals surface area contributed by atoms with E-state index >= 15 is 0 Å². The second-order valence-corrected chi connectivity index (χ2v) is 3.87. The van der Waals surface area contributed by atoms with E-state index in [2.05, 4.69) is 6.58 Å². The lowest BCUT2D eigenvalue weighted by atomic mass is 10.1. The highest BCUT2D eigenvalue weighted by Crippen LogP contribution is 2.23. The molecule has 2 rings (SSSR count). The second kappa shape index (κ2) is 3.55. The van der Waals surface area contributed by atoms with Crippen molar-refractivity contribution in [3.8, 4) is 0 Å². The van der Waals surface area contributed by atoms with Crippen molar-refractivity contribution in [1.82, 2.24) is 4.57 Å². The number of rotatable bonds is 1. The highest BCUT2D eigenvalue weighted by atomic mass is 35.5. The zero-order chi connectivity index (χ0) is 11.0. The number of pyridine rings is 1. The maximum Gasteiger partial charge on any atom is 0.258 e. The molecule has 1 aromatic heterocycles. The number of nitrogens with zero attached hydrogens (tertiary/aromatic N) is 1. The van der Waals surface area contributed by atoms with Crippen LogP contribution in [0.2, 0.25) is 0 Å². The van der Waals surface area contributed by atoms with Crippen LogP contribution >= 0.6 is 11.6 Å². The molecule has 0 aliphatic rings. The van der Waals surface area contributed by atoms with E-state index in [1.807, 2.05) is 18.2 Å². The highest BCUT2D eigenvalue weighted by Gasteiger charge is 2.07. The first-order valence-electron chi connectivity index (χ1n) is 4.54. The van der Waals surface area contributed by atoms with Gasteiger partial charge in [-0.15, -0.1) is 0 Å². The number of benzene rings is 1. The number of hydrogen-bond donors (Lipinski definition) is 0. The Hall–Kier alpha value is -1.54. The Bertz CT molecular complexity index is 598. The van der Waals surface area contributed by atoms with E-state index in [-0.39, 0.29) is 5.56 Å². The third kappa shape index (κ3) is 1.57. The molecular formula is C12H10ClNO. The molecule has 2 nitrogen and oxygen atoms in total. The summed E-state index contributed by atoms with van der Waals surface area (Å²) in [6.45, 7) is 3.70. The minimum atomic E-state index is -0.0210. The summed E-state index contributed by atoms with van der Waals surface area (Å²) in [5, 5.41) is 1.96. The summed E-state index contributed by atoms with van der Waals surface area (Å²) >= 11 is 5.90. The van der Waals surface area contributed by atoms with Gasteiger partial charge >= 0.3 is 0 Å². The number of fused-ring (bicyclic) bond motifs is 1. The van der Waals surface area contributed by atoms with Gasteiger partial charge in [0, 0.05) is 29.2 Å². The largest absolute Gasteiger partial charge is 0.317 e. The molecule has 0 atom stereocenters. The standard InChI is InChI=1S/C12H10ClNO/c1-8(13)11-7-14(2)12(15)10-6-4-3-5-9(10)11/h3-7H,1H2,2H3. The smallest absolute Gasteiger partial charge is 0.258 e. The summed E-state index contributed by atoms with van der Waals surface area (Å²) < 4.78 is 1.52. The SMILES string of the molecule is C=C(Cl)c1cn(C)c(=O)c2ccccc12. The fourth-order valence-electron chi connectivity index (χ4n) is 1.63. The van der Waals surface area contributed by atoms with Gasteiger partial charge in [-0.3, -0.25) is 4.79 Å².